The topological polar surface area (TPSA) is 135 Å². The van der Waals surface area contributed by atoms with Gasteiger partial charge in [-0.25, -0.2) is 18.4 Å². The molecule has 2 N–H and O–H groups in total. The molecule has 0 aromatic heterocycles. The second-order valence-electron chi connectivity index (χ2n) is 3.54. The van der Waals surface area contributed by atoms with Gasteiger partial charge in [-0.1, -0.05) is 0 Å². The number of azo groups is 1. The first-order valence-corrected chi connectivity index (χ1v) is 7.03. The molecule has 1 aromatic carbocycles. The maximum Gasteiger partial charge on any atom is 0.347 e. The fourth-order valence-electron chi connectivity index (χ4n) is 1.17. The Labute approximate surface area is 115 Å². The second kappa shape index (κ2) is 6.74. The molecule has 0 aliphatic heterocycles. The minimum atomic E-state index is -3.78. The summed E-state index contributed by atoms with van der Waals surface area (Å²) in [6, 6.07) is 5.48. The third-order valence-electron chi connectivity index (χ3n) is 2.09. The Kier molecular flexibility index (Phi) is 5.31. The van der Waals surface area contributed by atoms with Gasteiger partial charge in [0.25, 0.3) is 6.04 Å². The van der Waals surface area contributed by atoms with Crippen molar-refractivity contribution in [3.05, 3.63) is 24.3 Å². The average molecular weight is 296 g/mol. The number of hydrogen-bond donors (Lipinski definition) is 1. The number of nitrogens with two attached hydrogens (primary N) is 1. The molecule has 0 fully saturated rings. The van der Waals surface area contributed by atoms with E-state index in [4.69, 9.17) is 10.4 Å². The molecule has 0 aliphatic carbocycles. The van der Waals surface area contributed by atoms with Crippen molar-refractivity contribution in [3.63, 3.8) is 0 Å². The molecule has 1 aromatic rings. The maximum absolute atomic E-state index is 11.3. The highest BCUT2D eigenvalue weighted by molar-refractivity contribution is 7.89. The lowest BCUT2D eigenvalue weighted by molar-refractivity contribution is -0.143. The summed E-state index contributed by atoms with van der Waals surface area (Å²) in [7, 11) is -3.78. The van der Waals surface area contributed by atoms with E-state index in [-0.39, 0.29) is 17.2 Å². The summed E-state index contributed by atoms with van der Waals surface area (Å²) in [5.74, 6) is -0.792. The molecular formula is C11H12N4O4S. The Morgan fingerprint density at radius 1 is 1.45 bits per heavy atom. The van der Waals surface area contributed by atoms with Crippen molar-refractivity contribution in [3.8, 4) is 6.07 Å². The minimum absolute atomic E-state index is 0.0707. The summed E-state index contributed by atoms with van der Waals surface area (Å²) in [4.78, 5) is 11.2. The standard InChI is InChI=1S/C11H12N4O4S/c1-2-19-11(16)10(7-12)15-14-8-3-5-9(6-4-8)20(13,17)18/h3-6,10H,2H2,1H3,(H2,13,17,18)/t10-/m1/s1. The quantitative estimate of drug-likeness (QED) is 0.635. The molecule has 0 saturated heterocycles. The van der Waals surface area contributed by atoms with Gasteiger partial charge >= 0.3 is 5.97 Å². The van der Waals surface area contributed by atoms with Crippen LogP contribution in [0.3, 0.4) is 0 Å². The van der Waals surface area contributed by atoms with E-state index in [9.17, 15) is 13.2 Å². The Balaban J connectivity index is 2.85. The highest BCUT2D eigenvalue weighted by atomic mass is 32.2. The molecule has 0 radical (unpaired) electrons. The first-order valence-electron chi connectivity index (χ1n) is 5.48. The van der Waals surface area contributed by atoms with Gasteiger partial charge < -0.3 is 4.74 Å². The van der Waals surface area contributed by atoms with E-state index in [1.807, 2.05) is 0 Å². The van der Waals surface area contributed by atoms with Crippen molar-refractivity contribution < 1.29 is 17.9 Å². The number of benzene rings is 1. The summed E-state index contributed by atoms with van der Waals surface area (Å²) in [6.07, 6.45) is 0. The van der Waals surface area contributed by atoms with Gasteiger partial charge in [0.1, 0.15) is 6.07 Å². The van der Waals surface area contributed by atoms with Gasteiger partial charge in [-0.2, -0.15) is 15.5 Å². The number of carbonyl (C=O) groups is 1. The number of rotatable bonds is 5. The summed E-state index contributed by atoms with van der Waals surface area (Å²) < 4.78 is 26.7. The van der Waals surface area contributed by atoms with Gasteiger partial charge in [-0.05, 0) is 31.2 Å². The number of primary sulfonamides is 1. The summed E-state index contributed by atoms with van der Waals surface area (Å²) in [5.41, 5.74) is 0.280. The monoisotopic (exact) mass is 296 g/mol. The fraction of sp³-hybridized carbons (Fsp3) is 0.273. The minimum Gasteiger partial charge on any atom is -0.464 e. The van der Waals surface area contributed by atoms with Crippen molar-refractivity contribution in [1.29, 1.82) is 5.26 Å². The Morgan fingerprint density at radius 3 is 2.50 bits per heavy atom. The second-order valence-corrected chi connectivity index (χ2v) is 5.10. The number of nitrogens with zero attached hydrogens (tertiary/aromatic N) is 3. The van der Waals surface area contributed by atoms with Gasteiger partial charge in [0, 0.05) is 0 Å². The third kappa shape index (κ3) is 4.42. The maximum atomic E-state index is 11.3. The molecule has 0 unspecified atom stereocenters. The third-order valence-corrected chi connectivity index (χ3v) is 3.02. The van der Waals surface area contributed by atoms with Crippen LogP contribution in [0.1, 0.15) is 6.92 Å². The zero-order valence-electron chi connectivity index (χ0n) is 10.6. The number of ether oxygens (including phenoxy) is 1. The first kappa shape index (κ1) is 15.7. The van der Waals surface area contributed by atoms with Crippen LogP contribution in [0.2, 0.25) is 0 Å². The van der Waals surface area contributed by atoms with Crippen LogP contribution in [-0.4, -0.2) is 27.0 Å². The molecule has 1 atom stereocenters. The normalized spacial score (nSPS) is 12.8. The van der Waals surface area contributed by atoms with E-state index in [0.29, 0.717) is 0 Å². The molecule has 0 heterocycles. The van der Waals surface area contributed by atoms with Crippen LogP contribution in [-0.2, 0) is 19.6 Å². The SMILES string of the molecule is CCOC(=O)[C@@H](C#N)N=Nc1ccc(S(N)(=O)=O)cc1. The van der Waals surface area contributed by atoms with E-state index in [1.165, 1.54) is 24.3 Å². The number of nitriles is 1. The molecular weight excluding hydrogens is 284 g/mol. The number of esters is 1. The van der Waals surface area contributed by atoms with Crippen LogP contribution in [0.25, 0.3) is 0 Å². The Morgan fingerprint density at radius 2 is 2.05 bits per heavy atom. The summed E-state index contributed by atoms with van der Waals surface area (Å²) >= 11 is 0. The molecule has 0 aliphatic rings. The number of hydrogen-bond acceptors (Lipinski definition) is 7. The predicted molar refractivity (Wildman–Crippen MR) is 68.4 cm³/mol. The van der Waals surface area contributed by atoms with Crippen molar-refractivity contribution in [2.75, 3.05) is 6.61 Å². The van der Waals surface area contributed by atoms with E-state index in [0.717, 1.165) is 0 Å². The molecule has 9 heteroatoms. The van der Waals surface area contributed by atoms with Gasteiger partial charge in [-0.15, -0.1) is 0 Å². The predicted octanol–water partition coefficient (Wildman–Crippen LogP) is 0.873. The molecule has 0 amide bonds. The van der Waals surface area contributed by atoms with Crippen LogP contribution in [0.4, 0.5) is 5.69 Å². The van der Waals surface area contributed by atoms with Crippen molar-refractivity contribution >= 4 is 21.7 Å². The molecule has 0 spiro atoms. The number of carbonyl (C=O) groups excluding carboxylic acids is 1. The largest absolute Gasteiger partial charge is 0.464 e. The van der Waals surface area contributed by atoms with Crippen molar-refractivity contribution in [2.24, 2.45) is 15.4 Å². The van der Waals surface area contributed by atoms with Gasteiger partial charge in [0.2, 0.25) is 10.0 Å². The van der Waals surface area contributed by atoms with Crippen LogP contribution < -0.4 is 5.14 Å². The van der Waals surface area contributed by atoms with E-state index in [2.05, 4.69) is 15.0 Å². The lowest BCUT2D eigenvalue weighted by Crippen LogP contribution is -2.19. The van der Waals surface area contributed by atoms with Crippen LogP contribution in [0.5, 0.6) is 0 Å². The van der Waals surface area contributed by atoms with Gasteiger partial charge in [-0.3, -0.25) is 0 Å². The van der Waals surface area contributed by atoms with E-state index in [1.54, 1.807) is 13.0 Å². The van der Waals surface area contributed by atoms with Gasteiger partial charge in [0.05, 0.1) is 17.2 Å². The zero-order chi connectivity index (χ0) is 15.2. The highest BCUT2D eigenvalue weighted by Gasteiger charge is 2.18. The van der Waals surface area contributed by atoms with Gasteiger partial charge in [0.15, 0.2) is 0 Å². The number of sulfonamides is 1. The highest BCUT2D eigenvalue weighted by Crippen LogP contribution is 2.16. The molecule has 0 bridgehead atoms. The molecule has 8 nitrogen and oxygen atoms in total. The van der Waals surface area contributed by atoms with Crippen LogP contribution in [0.15, 0.2) is 39.4 Å². The van der Waals surface area contributed by atoms with Crippen LogP contribution >= 0.6 is 0 Å². The van der Waals surface area contributed by atoms with Crippen molar-refractivity contribution in [2.45, 2.75) is 17.9 Å². The molecule has 0 saturated carbocycles. The lowest BCUT2D eigenvalue weighted by Gasteiger charge is -2.02. The molecule has 1 rings (SSSR count). The Hall–Kier alpha value is -2.31. The summed E-state index contributed by atoms with van der Waals surface area (Å²) in [6.45, 7) is 1.74. The smallest absolute Gasteiger partial charge is 0.347 e. The van der Waals surface area contributed by atoms with E-state index >= 15 is 0 Å². The van der Waals surface area contributed by atoms with E-state index < -0.39 is 22.0 Å². The van der Waals surface area contributed by atoms with Crippen molar-refractivity contribution in [1.82, 2.24) is 0 Å². The first-order chi connectivity index (χ1) is 9.38. The fourth-order valence-corrected chi connectivity index (χ4v) is 1.69. The van der Waals surface area contributed by atoms with Crippen LogP contribution in [0, 0.1) is 11.3 Å². The zero-order valence-corrected chi connectivity index (χ0v) is 11.4. The average Bonchev–Trinajstić information content (AvgIpc) is 2.39. The molecule has 20 heavy (non-hydrogen) atoms. The molecule has 106 valence electrons. The summed E-state index contributed by atoms with van der Waals surface area (Å²) in [5, 5.41) is 20.9. The lowest BCUT2D eigenvalue weighted by atomic mass is 10.3. The Bertz CT molecular complexity index is 646.